The van der Waals surface area contributed by atoms with Gasteiger partial charge in [-0.1, -0.05) is 13.0 Å². The van der Waals surface area contributed by atoms with Crippen molar-refractivity contribution >= 4 is 5.82 Å². The zero-order valence-corrected chi connectivity index (χ0v) is 13.6. The molecule has 1 saturated heterocycles. The molecule has 0 N–H and O–H groups in total. The van der Waals surface area contributed by atoms with Crippen LogP contribution in [-0.4, -0.2) is 49.2 Å². The van der Waals surface area contributed by atoms with Crippen LogP contribution in [0.1, 0.15) is 19.8 Å². The number of rotatable bonds is 3. The van der Waals surface area contributed by atoms with Gasteiger partial charge in [-0.2, -0.15) is 0 Å². The Morgan fingerprint density at radius 1 is 1.28 bits per heavy atom. The molecule has 0 saturated carbocycles. The smallest absolute Gasteiger partial charge is 0.128 e. The Bertz CT molecular complexity index is 344. The van der Waals surface area contributed by atoms with Crippen LogP contribution in [0, 0.1) is 0 Å². The third-order valence-corrected chi connectivity index (χ3v) is 3.77. The number of aromatic nitrogens is 1. The lowest BCUT2D eigenvalue weighted by atomic mass is 10.3. The first-order chi connectivity index (χ1) is 8.23. The van der Waals surface area contributed by atoms with Crippen molar-refractivity contribution < 1.29 is 28.5 Å². The van der Waals surface area contributed by atoms with E-state index in [-0.39, 0.29) is 24.0 Å². The number of halogens is 1. The van der Waals surface area contributed by atoms with Crippen LogP contribution in [0.3, 0.4) is 0 Å². The molecule has 1 aliphatic heterocycles. The average Bonchev–Trinajstić information content (AvgIpc) is 2.53. The van der Waals surface area contributed by atoms with Gasteiger partial charge in [0, 0.05) is 19.2 Å². The van der Waals surface area contributed by atoms with E-state index in [0.29, 0.717) is 0 Å². The molecule has 4 heteroatoms. The van der Waals surface area contributed by atoms with E-state index in [2.05, 4.69) is 36.0 Å². The highest BCUT2D eigenvalue weighted by Crippen LogP contribution is 2.16. The molecule has 0 spiro atoms. The third-order valence-electron chi connectivity index (χ3n) is 3.77. The molecule has 0 amide bonds. The van der Waals surface area contributed by atoms with Crippen LogP contribution in [0.5, 0.6) is 0 Å². The lowest BCUT2D eigenvalue weighted by Crippen LogP contribution is -3.00. The molecular formula is C14H24IN3. The number of likely N-dealkylation sites (N-methyl/N-ethyl adjacent to an activating group) is 1. The average molecular weight is 361 g/mol. The number of pyridine rings is 1. The van der Waals surface area contributed by atoms with Gasteiger partial charge in [-0.25, -0.2) is 4.98 Å². The highest BCUT2D eigenvalue weighted by molar-refractivity contribution is 5.37. The van der Waals surface area contributed by atoms with Gasteiger partial charge in [-0.3, -0.25) is 0 Å². The highest BCUT2D eigenvalue weighted by Gasteiger charge is 2.25. The van der Waals surface area contributed by atoms with E-state index in [1.54, 1.807) is 0 Å². The monoisotopic (exact) mass is 361 g/mol. The van der Waals surface area contributed by atoms with Crippen LogP contribution in [0.15, 0.2) is 24.4 Å². The van der Waals surface area contributed by atoms with Gasteiger partial charge in [0.15, 0.2) is 0 Å². The Balaban J connectivity index is 0.00000162. The van der Waals surface area contributed by atoms with Gasteiger partial charge in [0.1, 0.15) is 5.82 Å². The Hall–Kier alpha value is -0.360. The number of hydrogen-bond donors (Lipinski definition) is 0. The summed E-state index contributed by atoms with van der Waals surface area (Å²) in [7, 11) is 2.39. The van der Waals surface area contributed by atoms with Crippen LogP contribution in [0.2, 0.25) is 0 Å². The van der Waals surface area contributed by atoms with Crippen molar-refractivity contribution in [1.29, 1.82) is 0 Å². The summed E-state index contributed by atoms with van der Waals surface area (Å²) in [6, 6.07) is 6.18. The Kier molecular flexibility index (Phi) is 6.35. The fourth-order valence-corrected chi connectivity index (χ4v) is 2.76. The number of hydrogen-bond acceptors (Lipinski definition) is 2. The molecule has 2 rings (SSSR count). The van der Waals surface area contributed by atoms with E-state index in [4.69, 9.17) is 0 Å². The van der Waals surface area contributed by atoms with Gasteiger partial charge >= 0.3 is 0 Å². The zero-order chi connectivity index (χ0) is 12.1. The van der Waals surface area contributed by atoms with E-state index in [9.17, 15) is 0 Å². The fraction of sp³-hybridized carbons (Fsp3) is 0.643. The molecule has 0 aromatic carbocycles. The van der Waals surface area contributed by atoms with Gasteiger partial charge < -0.3 is 33.4 Å². The molecule has 0 aliphatic carbocycles. The van der Waals surface area contributed by atoms with E-state index in [1.165, 1.54) is 37.0 Å². The summed E-state index contributed by atoms with van der Waals surface area (Å²) in [6.45, 7) is 8.41. The first kappa shape index (κ1) is 15.7. The summed E-state index contributed by atoms with van der Waals surface area (Å²) >= 11 is 0. The Labute approximate surface area is 128 Å². The van der Waals surface area contributed by atoms with E-state index < -0.39 is 0 Å². The molecule has 1 aromatic rings. The van der Waals surface area contributed by atoms with Crippen LogP contribution in [0.4, 0.5) is 5.82 Å². The second-order valence-electron chi connectivity index (χ2n) is 5.32. The number of quaternary nitrogens is 1. The first-order valence-electron chi connectivity index (χ1n) is 6.73. The third kappa shape index (κ3) is 4.09. The predicted molar refractivity (Wildman–Crippen MR) is 72.1 cm³/mol. The molecule has 102 valence electrons. The second-order valence-corrected chi connectivity index (χ2v) is 5.32. The Morgan fingerprint density at radius 3 is 2.78 bits per heavy atom. The van der Waals surface area contributed by atoms with Gasteiger partial charge in [0.05, 0.1) is 33.2 Å². The van der Waals surface area contributed by atoms with Crippen molar-refractivity contribution in [3.05, 3.63) is 24.4 Å². The van der Waals surface area contributed by atoms with Crippen molar-refractivity contribution in [1.82, 2.24) is 4.98 Å². The van der Waals surface area contributed by atoms with E-state index >= 15 is 0 Å². The summed E-state index contributed by atoms with van der Waals surface area (Å²) in [5.41, 5.74) is 0. The van der Waals surface area contributed by atoms with Crippen molar-refractivity contribution in [2.24, 2.45) is 0 Å². The minimum absolute atomic E-state index is 0. The normalized spacial score (nSPS) is 24.2. The molecule has 1 fully saturated rings. The maximum absolute atomic E-state index is 4.46. The molecule has 1 atom stereocenters. The molecule has 1 aliphatic rings. The standard InChI is InChI=1S/C14H24N3.HI/c1-3-11-17(2)12-6-9-16(10-13-17)14-7-4-5-8-15-14;/h4-5,7-8H,3,6,9-13H2,1-2H3;1H/q+1;/p-1. The van der Waals surface area contributed by atoms with Crippen molar-refractivity contribution in [3.63, 3.8) is 0 Å². The molecular weight excluding hydrogens is 337 g/mol. The minimum atomic E-state index is 0. The quantitative estimate of drug-likeness (QED) is 0.515. The van der Waals surface area contributed by atoms with E-state index in [1.807, 2.05) is 12.3 Å². The van der Waals surface area contributed by atoms with Gasteiger partial charge in [0.25, 0.3) is 0 Å². The van der Waals surface area contributed by atoms with Crippen LogP contribution in [-0.2, 0) is 0 Å². The molecule has 3 nitrogen and oxygen atoms in total. The number of anilines is 1. The lowest BCUT2D eigenvalue weighted by Gasteiger charge is -2.33. The maximum atomic E-state index is 4.46. The molecule has 1 aromatic heterocycles. The molecule has 18 heavy (non-hydrogen) atoms. The SMILES string of the molecule is CCC[N+]1(C)CCCN(c2ccccn2)CC1.[I-]. The van der Waals surface area contributed by atoms with Crippen molar-refractivity contribution in [2.45, 2.75) is 19.8 Å². The maximum Gasteiger partial charge on any atom is 0.128 e. The number of nitrogens with zero attached hydrogens (tertiary/aromatic N) is 3. The summed E-state index contributed by atoms with van der Waals surface area (Å²) in [6.07, 6.45) is 4.44. The van der Waals surface area contributed by atoms with Crippen LogP contribution >= 0.6 is 0 Å². The minimum Gasteiger partial charge on any atom is -1.00 e. The molecule has 2 heterocycles. The molecule has 1 unspecified atom stereocenters. The summed E-state index contributed by atoms with van der Waals surface area (Å²) in [5, 5.41) is 0. The van der Waals surface area contributed by atoms with Crippen molar-refractivity contribution in [2.75, 3.05) is 44.7 Å². The summed E-state index contributed by atoms with van der Waals surface area (Å²) < 4.78 is 1.22. The first-order valence-corrected chi connectivity index (χ1v) is 6.73. The van der Waals surface area contributed by atoms with Gasteiger partial charge in [0.2, 0.25) is 0 Å². The summed E-state index contributed by atoms with van der Waals surface area (Å²) in [4.78, 5) is 6.89. The van der Waals surface area contributed by atoms with Crippen LogP contribution < -0.4 is 28.9 Å². The molecule has 0 radical (unpaired) electrons. The van der Waals surface area contributed by atoms with Gasteiger partial charge in [-0.15, -0.1) is 0 Å². The van der Waals surface area contributed by atoms with Gasteiger partial charge in [-0.05, 0) is 18.6 Å². The van der Waals surface area contributed by atoms with Crippen molar-refractivity contribution in [3.8, 4) is 0 Å². The second kappa shape index (κ2) is 7.28. The Morgan fingerprint density at radius 2 is 2.11 bits per heavy atom. The largest absolute Gasteiger partial charge is 1.00 e. The highest BCUT2D eigenvalue weighted by atomic mass is 127. The topological polar surface area (TPSA) is 16.1 Å². The molecule has 0 bridgehead atoms. The fourth-order valence-electron chi connectivity index (χ4n) is 2.76. The summed E-state index contributed by atoms with van der Waals surface area (Å²) in [5.74, 6) is 1.14. The predicted octanol–water partition coefficient (Wildman–Crippen LogP) is -0.848. The van der Waals surface area contributed by atoms with E-state index in [0.717, 1.165) is 18.9 Å². The zero-order valence-electron chi connectivity index (χ0n) is 11.5. The van der Waals surface area contributed by atoms with Crippen LogP contribution in [0.25, 0.3) is 0 Å². The lowest BCUT2D eigenvalue weighted by molar-refractivity contribution is -0.907.